The molecule has 0 radical (unpaired) electrons. The molecular formula is C15H20N2OS. The number of aromatic nitrogens is 1. The highest BCUT2D eigenvalue weighted by molar-refractivity contribution is 7.10. The van der Waals surface area contributed by atoms with E-state index in [-0.39, 0.29) is 12.1 Å². The molecule has 0 unspecified atom stereocenters. The average Bonchev–Trinajstić information content (AvgIpc) is 2.91. The van der Waals surface area contributed by atoms with Crippen molar-refractivity contribution in [2.24, 2.45) is 0 Å². The van der Waals surface area contributed by atoms with Crippen LogP contribution in [-0.4, -0.2) is 16.1 Å². The summed E-state index contributed by atoms with van der Waals surface area (Å²) >= 11 is 1.60. The molecule has 0 bridgehead atoms. The molecule has 2 atom stereocenters. The SMILES string of the molecule is Cc1ncccc1CN[C@@H](C)C[C@H](O)c1cccs1. The summed E-state index contributed by atoms with van der Waals surface area (Å²) in [6, 6.07) is 8.25. The van der Waals surface area contributed by atoms with E-state index >= 15 is 0 Å². The van der Waals surface area contributed by atoms with Gasteiger partial charge in [-0.1, -0.05) is 12.1 Å². The summed E-state index contributed by atoms with van der Waals surface area (Å²) in [6.07, 6.45) is 2.15. The molecule has 3 nitrogen and oxygen atoms in total. The zero-order valence-electron chi connectivity index (χ0n) is 11.3. The minimum Gasteiger partial charge on any atom is -0.388 e. The molecule has 0 amide bonds. The average molecular weight is 276 g/mol. The van der Waals surface area contributed by atoms with Crippen molar-refractivity contribution in [3.05, 3.63) is 52.0 Å². The Bertz CT molecular complexity index is 499. The Balaban J connectivity index is 1.82. The number of nitrogens with one attached hydrogen (secondary N) is 1. The van der Waals surface area contributed by atoms with Gasteiger partial charge in [0.15, 0.2) is 0 Å². The Morgan fingerprint density at radius 3 is 2.89 bits per heavy atom. The zero-order valence-corrected chi connectivity index (χ0v) is 12.2. The summed E-state index contributed by atoms with van der Waals surface area (Å²) in [5.74, 6) is 0. The molecule has 4 heteroatoms. The topological polar surface area (TPSA) is 45.2 Å². The first-order valence-electron chi connectivity index (χ1n) is 6.52. The number of hydrogen-bond donors (Lipinski definition) is 2. The van der Waals surface area contributed by atoms with Gasteiger partial charge in [0.1, 0.15) is 0 Å². The molecule has 0 aliphatic heterocycles. The lowest BCUT2D eigenvalue weighted by Gasteiger charge is -2.17. The van der Waals surface area contributed by atoms with Crippen LogP contribution in [0.15, 0.2) is 35.8 Å². The van der Waals surface area contributed by atoms with Gasteiger partial charge < -0.3 is 10.4 Å². The van der Waals surface area contributed by atoms with Gasteiger partial charge in [0.2, 0.25) is 0 Å². The van der Waals surface area contributed by atoms with Crippen LogP contribution in [0.3, 0.4) is 0 Å². The van der Waals surface area contributed by atoms with Gasteiger partial charge in [-0.05, 0) is 43.3 Å². The molecule has 2 rings (SSSR count). The number of nitrogens with zero attached hydrogens (tertiary/aromatic N) is 1. The lowest BCUT2D eigenvalue weighted by Crippen LogP contribution is -2.27. The van der Waals surface area contributed by atoms with Gasteiger partial charge in [0, 0.05) is 29.4 Å². The lowest BCUT2D eigenvalue weighted by molar-refractivity contribution is 0.157. The highest BCUT2D eigenvalue weighted by Crippen LogP contribution is 2.22. The first-order chi connectivity index (χ1) is 9.16. The molecule has 0 saturated carbocycles. The van der Waals surface area contributed by atoms with E-state index in [4.69, 9.17) is 0 Å². The first kappa shape index (κ1) is 14.2. The third-order valence-corrected chi connectivity index (χ3v) is 4.18. The summed E-state index contributed by atoms with van der Waals surface area (Å²) < 4.78 is 0. The van der Waals surface area contributed by atoms with E-state index in [1.165, 1.54) is 5.56 Å². The van der Waals surface area contributed by atoms with E-state index in [0.29, 0.717) is 0 Å². The molecule has 2 aromatic rings. The van der Waals surface area contributed by atoms with Gasteiger partial charge in [-0.2, -0.15) is 0 Å². The third kappa shape index (κ3) is 4.13. The van der Waals surface area contributed by atoms with E-state index in [1.807, 2.05) is 36.7 Å². The number of hydrogen-bond acceptors (Lipinski definition) is 4. The molecule has 0 aromatic carbocycles. The minimum atomic E-state index is -0.377. The number of aliphatic hydroxyl groups excluding tert-OH is 1. The maximum Gasteiger partial charge on any atom is 0.0896 e. The summed E-state index contributed by atoms with van der Waals surface area (Å²) in [5, 5.41) is 15.5. The second-order valence-corrected chi connectivity index (χ2v) is 5.78. The van der Waals surface area contributed by atoms with E-state index in [1.54, 1.807) is 11.3 Å². The lowest BCUT2D eigenvalue weighted by atomic mass is 10.1. The maximum absolute atomic E-state index is 10.1. The van der Waals surface area contributed by atoms with Crippen molar-refractivity contribution in [3.63, 3.8) is 0 Å². The minimum absolute atomic E-state index is 0.261. The molecule has 0 fully saturated rings. The van der Waals surface area contributed by atoms with Crippen LogP contribution in [0, 0.1) is 6.92 Å². The van der Waals surface area contributed by atoms with Crippen molar-refractivity contribution >= 4 is 11.3 Å². The molecule has 2 N–H and O–H groups in total. The van der Waals surface area contributed by atoms with Crippen LogP contribution in [-0.2, 0) is 6.54 Å². The molecular weight excluding hydrogens is 256 g/mol. The van der Waals surface area contributed by atoms with Crippen LogP contribution in [0.5, 0.6) is 0 Å². The summed E-state index contributed by atoms with van der Waals surface area (Å²) in [6.45, 7) is 4.91. The number of thiophene rings is 1. The normalized spacial score (nSPS) is 14.3. The monoisotopic (exact) mass is 276 g/mol. The van der Waals surface area contributed by atoms with Crippen molar-refractivity contribution < 1.29 is 5.11 Å². The number of aliphatic hydroxyl groups is 1. The highest BCUT2D eigenvalue weighted by atomic mass is 32.1. The smallest absolute Gasteiger partial charge is 0.0896 e. The van der Waals surface area contributed by atoms with Gasteiger partial charge in [-0.3, -0.25) is 4.98 Å². The predicted molar refractivity (Wildman–Crippen MR) is 79.2 cm³/mol. The Labute approximate surface area is 118 Å². The molecule has 19 heavy (non-hydrogen) atoms. The molecule has 102 valence electrons. The van der Waals surface area contributed by atoms with Crippen LogP contribution < -0.4 is 5.32 Å². The van der Waals surface area contributed by atoms with Crippen molar-refractivity contribution in [2.45, 2.75) is 39.0 Å². The number of pyridine rings is 1. The Morgan fingerprint density at radius 1 is 1.37 bits per heavy atom. The van der Waals surface area contributed by atoms with Crippen molar-refractivity contribution in [2.75, 3.05) is 0 Å². The molecule has 0 saturated heterocycles. The standard InChI is InChI=1S/C15H20N2OS/c1-11(9-14(18)15-6-4-8-19-15)17-10-13-5-3-7-16-12(13)2/h3-8,11,14,17-18H,9-10H2,1-2H3/t11-,14-/m0/s1. The fourth-order valence-electron chi connectivity index (χ4n) is 2.00. The Hall–Kier alpha value is -1.23. The summed E-state index contributed by atoms with van der Waals surface area (Å²) in [7, 11) is 0. The molecule has 0 aliphatic carbocycles. The van der Waals surface area contributed by atoms with Crippen molar-refractivity contribution in [1.29, 1.82) is 0 Å². The summed E-state index contributed by atoms with van der Waals surface area (Å²) in [5.41, 5.74) is 2.26. The maximum atomic E-state index is 10.1. The third-order valence-electron chi connectivity index (χ3n) is 3.21. The van der Waals surface area contributed by atoms with Crippen LogP contribution in [0.2, 0.25) is 0 Å². The fourth-order valence-corrected chi connectivity index (χ4v) is 2.73. The van der Waals surface area contributed by atoms with Gasteiger partial charge in [-0.25, -0.2) is 0 Å². The quantitative estimate of drug-likeness (QED) is 0.852. The van der Waals surface area contributed by atoms with Crippen molar-refractivity contribution in [1.82, 2.24) is 10.3 Å². The summed E-state index contributed by atoms with van der Waals surface area (Å²) in [4.78, 5) is 5.30. The molecule has 2 heterocycles. The van der Waals surface area contributed by atoms with Crippen LogP contribution in [0.1, 0.15) is 35.6 Å². The Morgan fingerprint density at radius 2 is 2.21 bits per heavy atom. The zero-order chi connectivity index (χ0) is 13.7. The second-order valence-electron chi connectivity index (χ2n) is 4.80. The fraction of sp³-hybridized carbons (Fsp3) is 0.400. The van der Waals surface area contributed by atoms with Crippen LogP contribution >= 0.6 is 11.3 Å². The second kappa shape index (κ2) is 6.80. The number of aryl methyl sites for hydroxylation is 1. The van der Waals surface area contributed by atoms with Gasteiger partial charge in [-0.15, -0.1) is 11.3 Å². The van der Waals surface area contributed by atoms with E-state index in [2.05, 4.69) is 23.3 Å². The van der Waals surface area contributed by atoms with Gasteiger partial charge >= 0.3 is 0 Å². The van der Waals surface area contributed by atoms with E-state index in [0.717, 1.165) is 23.5 Å². The molecule has 0 aliphatic rings. The van der Waals surface area contributed by atoms with Gasteiger partial charge in [0.05, 0.1) is 6.10 Å². The predicted octanol–water partition coefficient (Wildman–Crippen LogP) is 3.05. The molecule has 0 spiro atoms. The number of rotatable bonds is 6. The van der Waals surface area contributed by atoms with Crippen LogP contribution in [0.25, 0.3) is 0 Å². The van der Waals surface area contributed by atoms with Crippen molar-refractivity contribution in [3.8, 4) is 0 Å². The first-order valence-corrected chi connectivity index (χ1v) is 7.40. The Kier molecular flexibility index (Phi) is 5.07. The van der Waals surface area contributed by atoms with E-state index < -0.39 is 0 Å². The highest BCUT2D eigenvalue weighted by Gasteiger charge is 2.13. The van der Waals surface area contributed by atoms with Crippen LogP contribution in [0.4, 0.5) is 0 Å². The molecule has 2 aromatic heterocycles. The van der Waals surface area contributed by atoms with E-state index in [9.17, 15) is 5.11 Å². The van der Waals surface area contributed by atoms with Gasteiger partial charge in [0.25, 0.3) is 0 Å². The largest absolute Gasteiger partial charge is 0.388 e.